The maximum atomic E-state index is 3.61. The molecule has 0 saturated carbocycles. The van der Waals surface area contributed by atoms with Crippen LogP contribution in [0.1, 0.15) is 46.5 Å². The summed E-state index contributed by atoms with van der Waals surface area (Å²) in [7, 11) is 4.56. The largest absolute Gasteiger partial charge is 0.316 e. The van der Waals surface area contributed by atoms with E-state index >= 15 is 0 Å². The molecule has 1 fully saturated rings. The van der Waals surface area contributed by atoms with Crippen LogP contribution in [-0.2, 0) is 0 Å². The van der Waals surface area contributed by atoms with E-state index in [1.165, 1.54) is 45.3 Å². The molecule has 0 aromatic heterocycles. The molecule has 1 atom stereocenters. The van der Waals surface area contributed by atoms with Crippen molar-refractivity contribution in [2.24, 2.45) is 5.41 Å². The first-order valence-electron chi connectivity index (χ1n) is 8.10. The van der Waals surface area contributed by atoms with Gasteiger partial charge in [-0.2, -0.15) is 0 Å². The Kier molecular flexibility index (Phi) is 7.33. The fourth-order valence-electron chi connectivity index (χ4n) is 3.03. The van der Waals surface area contributed by atoms with Gasteiger partial charge in [-0.15, -0.1) is 0 Å². The zero-order valence-electron chi connectivity index (χ0n) is 13.8. The highest BCUT2D eigenvalue weighted by atomic mass is 15.2. The van der Waals surface area contributed by atoms with Gasteiger partial charge >= 0.3 is 0 Å². The smallest absolute Gasteiger partial charge is 0.0117 e. The maximum Gasteiger partial charge on any atom is 0.0117 e. The quantitative estimate of drug-likeness (QED) is 0.683. The Morgan fingerprint density at radius 2 is 1.89 bits per heavy atom. The van der Waals surface area contributed by atoms with Crippen molar-refractivity contribution < 1.29 is 0 Å². The highest BCUT2D eigenvalue weighted by molar-refractivity contribution is 4.83. The molecular weight excluding hydrogens is 234 g/mol. The Labute approximate surface area is 120 Å². The summed E-state index contributed by atoms with van der Waals surface area (Å²) in [6.07, 6.45) is 5.13. The summed E-state index contributed by atoms with van der Waals surface area (Å²) in [5.41, 5.74) is 0.410. The lowest BCUT2D eigenvalue weighted by Crippen LogP contribution is -2.47. The minimum atomic E-state index is 0.410. The topological polar surface area (TPSA) is 18.5 Å². The highest BCUT2D eigenvalue weighted by Crippen LogP contribution is 2.24. The molecule has 0 bridgehead atoms. The van der Waals surface area contributed by atoms with Gasteiger partial charge in [0.05, 0.1) is 0 Å². The predicted molar refractivity (Wildman–Crippen MR) is 84.7 cm³/mol. The minimum Gasteiger partial charge on any atom is -0.316 e. The Balaban J connectivity index is 2.40. The van der Waals surface area contributed by atoms with Gasteiger partial charge in [0.25, 0.3) is 0 Å². The Morgan fingerprint density at radius 3 is 2.42 bits per heavy atom. The zero-order chi connectivity index (χ0) is 14.3. The summed E-state index contributed by atoms with van der Waals surface area (Å²) in [6.45, 7) is 13.0. The van der Waals surface area contributed by atoms with E-state index in [9.17, 15) is 0 Å². The van der Waals surface area contributed by atoms with E-state index in [1.807, 2.05) is 0 Å². The van der Waals surface area contributed by atoms with E-state index in [0.717, 1.165) is 19.1 Å². The first-order chi connectivity index (χ1) is 9.00. The molecule has 1 N–H and O–H groups in total. The third kappa shape index (κ3) is 5.80. The van der Waals surface area contributed by atoms with E-state index in [-0.39, 0.29) is 0 Å². The number of nitrogens with zero attached hydrogens (tertiary/aromatic N) is 2. The van der Waals surface area contributed by atoms with Gasteiger partial charge < -0.3 is 15.1 Å². The van der Waals surface area contributed by atoms with Crippen LogP contribution in [0.5, 0.6) is 0 Å². The van der Waals surface area contributed by atoms with E-state index in [0.29, 0.717) is 5.41 Å². The first kappa shape index (κ1) is 16.9. The molecule has 1 rings (SSSR count). The van der Waals surface area contributed by atoms with Crippen molar-refractivity contribution in [2.45, 2.75) is 52.5 Å². The number of hydrogen-bond acceptors (Lipinski definition) is 3. The van der Waals surface area contributed by atoms with E-state index in [1.54, 1.807) is 0 Å². The van der Waals surface area contributed by atoms with Crippen LogP contribution in [0.3, 0.4) is 0 Å². The van der Waals surface area contributed by atoms with Gasteiger partial charge in [0.1, 0.15) is 0 Å². The van der Waals surface area contributed by atoms with Crippen molar-refractivity contribution in [1.29, 1.82) is 0 Å². The molecule has 1 aliphatic rings. The van der Waals surface area contributed by atoms with Crippen LogP contribution in [0.15, 0.2) is 0 Å². The summed E-state index contributed by atoms with van der Waals surface area (Å²) in [6, 6.07) is 0.785. The second-order valence-electron chi connectivity index (χ2n) is 6.79. The molecule has 0 aromatic carbocycles. The van der Waals surface area contributed by atoms with E-state index in [2.05, 4.69) is 50.0 Å². The second kappa shape index (κ2) is 8.23. The van der Waals surface area contributed by atoms with Crippen LogP contribution in [0.25, 0.3) is 0 Å². The van der Waals surface area contributed by atoms with Crippen molar-refractivity contribution in [2.75, 3.05) is 46.8 Å². The second-order valence-corrected chi connectivity index (χ2v) is 6.79. The Morgan fingerprint density at radius 1 is 1.26 bits per heavy atom. The average molecular weight is 269 g/mol. The van der Waals surface area contributed by atoms with Gasteiger partial charge in [-0.05, 0) is 64.8 Å². The van der Waals surface area contributed by atoms with Crippen molar-refractivity contribution in [3.8, 4) is 0 Å². The SMILES string of the molecule is CCCNCC(C)(CC)CN(C)C1CCN(C)CC1. The molecule has 1 aliphatic heterocycles. The molecule has 19 heavy (non-hydrogen) atoms. The molecule has 1 heterocycles. The molecule has 1 saturated heterocycles. The van der Waals surface area contributed by atoms with Crippen LogP contribution in [0.4, 0.5) is 0 Å². The number of likely N-dealkylation sites (tertiary alicyclic amines) is 1. The number of rotatable bonds is 8. The Hall–Kier alpha value is -0.120. The molecule has 0 radical (unpaired) electrons. The fourth-order valence-corrected chi connectivity index (χ4v) is 3.03. The number of nitrogens with one attached hydrogen (secondary N) is 1. The molecule has 0 spiro atoms. The van der Waals surface area contributed by atoms with E-state index in [4.69, 9.17) is 0 Å². The molecule has 0 amide bonds. The summed E-state index contributed by atoms with van der Waals surface area (Å²) >= 11 is 0. The summed E-state index contributed by atoms with van der Waals surface area (Å²) < 4.78 is 0. The molecule has 3 nitrogen and oxygen atoms in total. The zero-order valence-corrected chi connectivity index (χ0v) is 13.8. The van der Waals surface area contributed by atoms with Crippen molar-refractivity contribution in [3.05, 3.63) is 0 Å². The lowest BCUT2D eigenvalue weighted by molar-refractivity contribution is 0.0970. The standard InChI is InChI=1S/C16H35N3/c1-6-10-17-13-16(3,7-2)14-19(5)15-8-11-18(4)12-9-15/h15,17H,6-14H2,1-5H3. The van der Waals surface area contributed by atoms with Crippen LogP contribution in [-0.4, -0.2) is 62.7 Å². The van der Waals surface area contributed by atoms with Gasteiger partial charge in [0, 0.05) is 19.1 Å². The third-order valence-electron chi connectivity index (χ3n) is 4.77. The van der Waals surface area contributed by atoms with Gasteiger partial charge in [-0.3, -0.25) is 0 Å². The first-order valence-corrected chi connectivity index (χ1v) is 8.10. The van der Waals surface area contributed by atoms with Gasteiger partial charge in [-0.25, -0.2) is 0 Å². The maximum absolute atomic E-state index is 3.61. The van der Waals surface area contributed by atoms with Crippen LogP contribution in [0, 0.1) is 5.41 Å². The van der Waals surface area contributed by atoms with Gasteiger partial charge in [0.15, 0.2) is 0 Å². The molecular formula is C16H35N3. The molecule has 0 aromatic rings. The summed E-state index contributed by atoms with van der Waals surface area (Å²) in [4.78, 5) is 5.07. The fraction of sp³-hybridized carbons (Fsp3) is 1.00. The Bertz CT molecular complexity index is 236. The minimum absolute atomic E-state index is 0.410. The normalized spacial score (nSPS) is 21.8. The van der Waals surface area contributed by atoms with Gasteiger partial charge in [0.2, 0.25) is 0 Å². The monoisotopic (exact) mass is 269 g/mol. The highest BCUT2D eigenvalue weighted by Gasteiger charge is 2.28. The summed E-state index contributed by atoms with van der Waals surface area (Å²) in [5, 5.41) is 3.61. The van der Waals surface area contributed by atoms with Crippen LogP contribution < -0.4 is 5.32 Å². The summed E-state index contributed by atoms with van der Waals surface area (Å²) in [5.74, 6) is 0. The predicted octanol–water partition coefficient (Wildman–Crippen LogP) is 2.43. The van der Waals surface area contributed by atoms with Gasteiger partial charge in [-0.1, -0.05) is 20.8 Å². The molecule has 1 unspecified atom stereocenters. The van der Waals surface area contributed by atoms with E-state index < -0.39 is 0 Å². The molecule has 0 aliphatic carbocycles. The molecule has 3 heteroatoms. The van der Waals surface area contributed by atoms with Crippen LogP contribution >= 0.6 is 0 Å². The lowest BCUT2D eigenvalue weighted by atomic mass is 9.86. The number of piperidine rings is 1. The third-order valence-corrected chi connectivity index (χ3v) is 4.77. The van der Waals surface area contributed by atoms with Crippen molar-refractivity contribution in [3.63, 3.8) is 0 Å². The van der Waals surface area contributed by atoms with Crippen molar-refractivity contribution in [1.82, 2.24) is 15.1 Å². The number of hydrogen-bond donors (Lipinski definition) is 1. The van der Waals surface area contributed by atoms with Crippen LogP contribution in [0.2, 0.25) is 0 Å². The average Bonchev–Trinajstić information content (AvgIpc) is 2.39. The lowest BCUT2D eigenvalue weighted by Gasteiger charge is -2.40. The molecule has 114 valence electrons. The van der Waals surface area contributed by atoms with Crippen molar-refractivity contribution >= 4 is 0 Å².